The summed E-state index contributed by atoms with van der Waals surface area (Å²) in [5, 5.41) is 2.40. The molecule has 1 amide bonds. The predicted octanol–water partition coefficient (Wildman–Crippen LogP) is 2.24. The third-order valence-electron chi connectivity index (χ3n) is 3.69. The number of amides is 1. The van der Waals surface area contributed by atoms with E-state index in [1.54, 1.807) is 12.1 Å². The molecule has 0 bridgehead atoms. The van der Waals surface area contributed by atoms with Crippen molar-refractivity contribution in [3.8, 4) is 5.69 Å². The van der Waals surface area contributed by atoms with Crippen molar-refractivity contribution < 1.29 is 14.3 Å². The Morgan fingerprint density at radius 3 is 2.62 bits per heavy atom. The van der Waals surface area contributed by atoms with E-state index in [9.17, 15) is 9.59 Å². The molecule has 0 aliphatic rings. The van der Waals surface area contributed by atoms with Crippen LogP contribution >= 0.6 is 0 Å². The number of likely N-dealkylation sites (N-methyl/N-ethyl adjacent to an activating group) is 1. The molecular formula is C18H17N3O3. The number of nitrogens with one attached hydrogen (secondary N) is 1. The number of nitrogens with zero attached hydrogens (tertiary/aromatic N) is 2. The molecule has 24 heavy (non-hydrogen) atoms. The van der Waals surface area contributed by atoms with Gasteiger partial charge in [-0.05, 0) is 37.3 Å². The van der Waals surface area contributed by atoms with E-state index in [0.29, 0.717) is 11.1 Å². The predicted molar refractivity (Wildman–Crippen MR) is 90.2 cm³/mol. The maximum Gasteiger partial charge on any atom is 0.338 e. The van der Waals surface area contributed by atoms with Gasteiger partial charge in [0.05, 0.1) is 16.6 Å². The van der Waals surface area contributed by atoms with Crippen LogP contribution in [0.5, 0.6) is 0 Å². The highest BCUT2D eigenvalue weighted by Gasteiger charge is 2.14. The maximum atomic E-state index is 12.0. The van der Waals surface area contributed by atoms with Crippen LogP contribution in [0.4, 0.5) is 0 Å². The Morgan fingerprint density at radius 2 is 1.92 bits per heavy atom. The van der Waals surface area contributed by atoms with Gasteiger partial charge >= 0.3 is 5.97 Å². The van der Waals surface area contributed by atoms with Crippen molar-refractivity contribution in [2.24, 2.45) is 0 Å². The third-order valence-corrected chi connectivity index (χ3v) is 3.69. The number of esters is 1. The zero-order chi connectivity index (χ0) is 17.1. The first-order valence-corrected chi connectivity index (χ1v) is 7.52. The summed E-state index contributed by atoms with van der Waals surface area (Å²) in [4.78, 5) is 27.7. The Morgan fingerprint density at radius 1 is 1.17 bits per heavy atom. The number of hydrogen-bond acceptors (Lipinski definition) is 4. The molecule has 6 heteroatoms. The highest BCUT2D eigenvalue weighted by Crippen LogP contribution is 2.22. The lowest BCUT2D eigenvalue weighted by molar-refractivity contribution is -0.123. The van der Waals surface area contributed by atoms with Gasteiger partial charge in [0.25, 0.3) is 5.91 Å². The van der Waals surface area contributed by atoms with Gasteiger partial charge in [0.15, 0.2) is 6.61 Å². The van der Waals surface area contributed by atoms with E-state index in [4.69, 9.17) is 4.74 Å². The summed E-state index contributed by atoms with van der Waals surface area (Å²) in [6, 6.07) is 15.1. The van der Waals surface area contributed by atoms with Crippen LogP contribution < -0.4 is 5.32 Å². The molecule has 0 unspecified atom stereocenters. The smallest absolute Gasteiger partial charge is 0.338 e. The number of aromatic nitrogens is 2. The topological polar surface area (TPSA) is 73.2 Å². The first kappa shape index (κ1) is 15.7. The molecule has 3 aromatic rings. The number of benzene rings is 2. The van der Waals surface area contributed by atoms with Crippen LogP contribution in [0.1, 0.15) is 16.2 Å². The van der Waals surface area contributed by atoms with Gasteiger partial charge < -0.3 is 10.1 Å². The van der Waals surface area contributed by atoms with Crippen LogP contribution in [-0.2, 0) is 9.53 Å². The quantitative estimate of drug-likeness (QED) is 0.747. The Labute approximate surface area is 139 Å². The Kier molecular flexibility index (Phi) is 4.29. The fraction of sp³-hybridized carbons (Fsp3) is 0.167. The second-order valence-electron chi connectivity index (χ2n) is 5.28. The van der Waals surface area contributed by atoms with Crippen molar-refractivity contribution in [3.63, 3.8) is 0 Å². The summed E-state index contributed by atoms with van der Waals surface area (Å²) in [6.45, 7) is 1.61. The van der Waals surface area contributed by atoms with Gasteiger partial charge in [0, 0.05) is 12.7 Å². The van der Waals surface area contributed by atoms with Gasteiger partial charge in [-0.2, -0.15) is 0 Å². The molecule has 122 valence electrons. The summed E-state index contributed by atoms with van der Waals surface area (Å²) in [6.07, 6.45) is 0. The molecule has 1 heterocycles. The number of imidazole rings is 1. The highest BCUT2D eigenvalue weighted by atomic mass is 16.5. The van der Waals surface area contributed by atoms with E-state index in [2.05, 4.69) is 10.3 Å². The van der Waals surface area contributed by atoms with Crippen molar-refractivity contribution in [2.75, 3.05) is 13.7 Å². The molecule has 1 aromatic heterocycles. The molecule has 6 nitrogen and oxygen atoms in total. The number of carbonyl (C=O) groups excluding carboxylic acids is 2. The molecule has 0 atom stereocenters. The minimum Gasteiger partial charge on any atom is -0.452 e. The summed E-state index contributed by atoms with van der Waals surface area (Å²) < 4.78 is 6.99. The first-order chi connectivity index (χ1) is 11.6. The lowest BCUT2D eigenvalue weighted by Crippen LogP contribution is -2.25. The second-order valence-corrected chi connectivity index (χ2v) is 5.28. The third kappa shape index (κ3) is 2.99. The van der Waals surface area contributed by atoms with Crippen LogP contribution in [-0.4, -0.2) is 35.1 Å². The SMILES string of the molecule is CNC(=O)COC(=O)c1ccc2c(c1)nc(C)n2-c1ccccc1. The Hall–Kier alpha value is -3.15. The largest absolute Gasteiger partial charge is 0.452 e. The summed E-state index contributed by atoms with van der Waals surface area (Å²) in [7, 11) is 1.49. The van der Waals surface area contributed by atoms with Crippen LogP contribution in [0.2, 0.25) is 0 Å². The molecule has 1 N–H and O–H groups in total. The van der Waals surface area contributed by atoms with E-state index >= 15 is 0 Å². The summed E-state index contributed by atoms with van der Waals surface area (Å²) >= 11 is 0. The fourth-order valence-electron chi connectivity index (χ4n) is 2.52. The number of hydrogen-bond donors (Lipinski definition) is 1. The lowest BCUT2D eigenvalue weighted by Gasteiger charge is -2.07. The van der Waals surface area contributed by atoms with E-state index in [0.717, 1.165) is 17.0 Å². The van der Waals surface area contributed by atoms with Crippen LogP contribution in [0.3, 0.4) is 0 Å². The van der Waals surface area contributed by atoms with Gasteiger partial charge in [0.2, 0.25) is 0 Å². The zero-order valence-corrected chi connectivity index (χ0v) is 13.4. The minimum absolute atomic E-state index is 0.301. The van der Waals surface area contributed by atoms with Gasteiger partial charge in [-0.15, -0.1) is 0 Å². The number of aryl methyl sites for hydroxylation is 1. The summed E-state index contributed by atoms with van der Waals surface area (Å²) in [5.74, 6) is -0.0758. The van der Waals surface area contributed by atoms with Crippen LogP contribution in [0.15, 0.2) is 48.5 Å². The molecule has 0 aliphatic heterocycles. The van der Waals surface area contributed by atoms with Crippen molar-refractivity contribution in [1.29, 1.82) is 0 Å². The standard InChI is InChI=1S/C18H17N3O3/c1-12-20-15-10-13(18(23)24-11-17(22)19-2)8-9-16(15)21(12)14-6-4-3-5-7-14/h3-10H,11H2,1-2H3,(H,19,22). The van der Waals surface area contributed by atoms with E-state index in [-0.39, 0.29) is 12.5 Å². The molecule has 0 fully saturated rings. The van der Waals surface area contributed by atoms with Gasteiger partial charge in [-0.1, -0.05) is 18.2 Å². The first-order valence-electron chi connectivity index (χ1n) is 7.52. The number of ether oxygens (including phenoxy) is 1. The monoisotopic (exact) mass is 323 g/mol. The molecule has 0 radical (unpaired) electrons. The number of rotatable bonds is 4. The molecule has 0 saturated carbocycles. The van der Waals surface area contributed by atoms with E-state index in [1.165, 1.54) is 7.05 Å². The molecule has 3 rings (SSSR count). The van der Waals surface area contributed by atoms with Crippen molar-refractivity contribution in [3.05, 3.63) is 59.9 Å². The van der Waals surface area contributed by atoms with Crippen molar-refractivity contribution in [2.45, 2.75) is 6.92 Å². The molecule has 0 spiro atoms. The normalized spacial score (nSPS) is 10.6. The second kappa shape index (κ2) is 6.54. The minimum atomic E-state index is -0.549. The van der Waals surface area contributed by atoms with Gasteiger partial charge in [-0.25, -0.2) is 9.78 Å². The van der Waals surface area contributed by atoms with E-state index in [1.807, 2.05) is 47.9 Å². The van der Waals surface area contributed by atoms with Crippen LogP contribution in [0.25, 0.3) is 16.7 Å². The van der Waals surface area contributed by atoms with Gasteiger partial charge in [0.1, 0.15) is 5.82 Å². The molecule has 2 aromatic carbocycles. The van der Waals surface area contributed by atoms with Crippen molar-refractivity contribution >= 4 is 22.9 Å². The molecular weight excluding hydrogens is 306 g/mol. The highest BCUT2D eigenvalue weighted by molar-refractivity contribution is 5.95. The fourth-order valence-corrected chi connectivity index (χ4v) is 2.52. The lowest BCUT2D eigenvalue weighted by atomic mass is 10.2. The zero-order valence-electron chi connectivity index (χ0n) is 13.4. The molecule has 0 saturated heterocycles. The van der Waals surface area contributed by atoms with Gasteiger partial charge in [-0.3, -0.25) is 9.36 Å². The van der Waals surface area contributed by atoms with Crippen LogP contribution in [0, 0.1) is 6.92 Å². The summed E-state index contributed by atoms with van der Waals surface area (Å²) in [5.41, 5.74) is 2.98. The Balaban J connectivity index is 1.93. The van der Waals surface area contributed by atoms with E-state index < -0.39 is 5.97 Å². The number of para-hydroxylation sites is 1. The number of fused-ring (bicyclic) bond motifs is 1. The Bertz CT molecular complexity index is 901. The average Bonchev–Trinajstić information content (AvgIpc) is 2.94. The van der Waals surface area contributed by atoms with Crippen molar-refractivity contribution in [1.82, 2.24) is 14.9 Å². The maximum absolute atomic E-state index is 12.0. The number of carbonyl (C=O) groups is 2. The average molecular weight is 323 g/mol. The molecule has 0 aliphatic carbocycles.